The molecule has 2 aliphatic heterocycles. The second kappa shape index (κ2) is 7.16. The zero-order valence-corrected chi connectivity index (χ0v) is 18.4. The van der Waals surface area contributed by atoms with Crippen molar-refractivity contribution >= 4 is 26.2 Å². The summed E-state index contributed by atoms with van der Waals surface area (Å²) < 4.78 is 33.8. The molecule has 0 N–H and O–H groups in total. The van der Waals surface area contributed by atoms with Crippen molar-refractivity contribution in [3.05, 3.63) is 10.9 Å². The Hall–Kier alpha value is -1.35. The van der Waals surface area contributed by atoms with Crippen LogP contribution in [0.5, 0.6) is 0 Å². The highest BCUT2D eigenvalue weighted by Gasteiger charge is 2.59. The normalized spacial score (nSPS) is 25.4. The third-order valence-electron chi connectivity index (χ3n) is 6.08. The number of esters is 2. The molecule has 0 aromatic rings. The van der Waals surface area contributed by atoms with Gasteiger partial charge in [0.05, 0.1) is 47.6 Å². The van der Waals surface area contributed by atoms with Crippen molar-refractivity contribution in [1.29, 1.82) is 0 Å². The van der Waals surface area contributed by atoms with Crippen molar-refractivity contribution in [3.63, 3.8) is 0 Å². The average Bonchev–Trinajstić information content (AvgIpc) is 2.90. The summed E-state index contributed by atoms with van der Waals surface area (Å²) in [6.07, 6.45) is 0. The van der Waals surface area contributed by atoms with Crippen molar-refractivity contribution in [1.82, 2.24) is 0 Å². The van der Waals surface area contributed by atoms with Crippen molar-refractivity contribution in [2.45, 2.75) is 77.8 Å². The van der Waals surface area contributed by atoms with E-state index in [1.54, 1.807) is 0 Å². The molecule has 2 fully saturated rings. The third kappa shape index (κ3) is 3.75. The van der Waals surface area contributed by atoms with Crippen LogP contribution in [0.4, 0.5) is 0 Å². The summed E-state index contributed by atoms with van der Waals surface area (Å²) in [5, 5.41) is 0. The van der Waals surface area contributed by atoms with Crippen molar-refractivity contribution in [2.75, 3.05) is 14.2 Å². The van der Waals surface area contributed by atoms with Crippen LogP contribution in [0.25, 0.3) is 0 Å². The lowest BCUT2D eigenvalue weighted by Crippen LogP contribution is -2.41. The van der Waals surface area contributed by atoms with E-state index in [1.807, 2.05) is 55.4 Å². The molecule has 8 nitrogen and oxygen atoms in total. The molecule has 156 valence electrons. The lowest BCUT2D eigenvalue weighted by Gasteiger charge is -2.32. The second-order valence-electron chi connectivity index (χ2n) is 8.99. The average molecular weight is 396 g/mol. The maximum absolute atomic E-state index is 12.7. The van der Waals surface area contributed by atoms with Crippen LogP contribution in [-0.4, -0.2) is 62.8 Å². The van der Waals surface area contributed by atoms with Crippen LogP contribution in [0.15, 0.2) is 10.9 Å². The molecule has 2 saturated heterocycles. The minimum absolute atomic E-state index is 0.133. The Bertz CT molecular complexity index is 606. The van der Waals surface area contributed by atoms with Gasteiger partial charge in [-0.1, -0.05) is 0 Å². The SMILES string of the molecule is COC(=O)/C(B1OC(C)(C)C(C)(C)O1)=C(/B1OC(C)(C)C(C)(C)O1)C(=O)OC. The van der Waals surface area contributed by atoms with Gasteiger partial charge in [0.25, 0.3) is 0 Å². The molecule has 0 aromatic carbocycles. The van der Waals surface area contributed by atoms with Gasteiger partial charge in [-0.25, -0.2) is 9.59 Å². The van der Waals surface area contributed by atoms with E-state index >= 15 is 0 Å². The van der Waals surface area contributed by atoms with Crippen LogP contribution >= 0.6 is 0 Å². The summed E-state index contributed by atoms with van der Waals surface area (Å²) in [6, 6.07) is 0. The number of carbonyl (C=O) groups is 2. The van der Waals surface area contributed by atoms with Gasteiger partial charge in [0, 0.05) is 0 Å². The number of methoxy groups -OCH3 is 2. The van der Waals surface area contributed by atoms with Crippen molar-refractivity contribution < 1.29 is 37.7 Å². The molecule has 0 unspecified atom stereocenters. The van der Waals surface area contributed by atoms with Gasteiger partial charge in [-0.2, -0.15) is 0 Å². The number of ether oxygens (including phenoxy) is 2. The van der Waals surface area contributed by atoms with Gasteiger partial charge in [-0.3, -0.25) is 0 Å². The van der Waals surface area contributed by atoms with Crippen LogP contribution in [0.1, 0.15) is 55.4 Å². The summed E-state index contributed by atoms with van der Waals surface area (Å²) >= 11 is 0. The van der Waals surface area contributed by atoms with Crippen LogP contribution in [0, 0.1) is 0 Å². The Balaban J connectivity index is 2.63. The molecule has 0 saturated carbocycles. The molecule has 0 radical (unpaired) electrons. The summed E-state index contributed by atoms with van der Waals surface area (Å²) in [6.45, 7) is 14.7. The molecular formula is C18H30B2O8. The Morgan fingerprint density at radius 2 is 0.786 bits per heavy atom. The first-order valence-corrected chi connectivity index (χ1v) is 9.22. The van der Waals surface area contributed by atoms with Gasteiger partial charge in [0.1, 0.15) is 0 Å². The first kappa shape index (κ1) is 22.9. The van der Waals surface area contributed by atoms with E-state index in [9.17, 15) is 9.59 Å². The highest BCUT2D eigenvalue weighted by molar-refractivity contribution is 6.71. The number of hydrogen-bond donors (Lipinski definition) is 0. The van der Waals surface area contributed by atoms with E-state index in [1.165, 1.54) is 14.2 Å². The Kier molecular flexibility index (Phi) is 5.87. The molecule has 0 spiro atoms. The van der Waals surface area contributed by atoms with Gasteiger partial charge in [-0.05, 0) is 55.4 Å². The van der Waals surface area contributed by atoms with Gasteiger partial charge < -0.3 is 28.1 Å². The summed E-state index contributed by atoms with van der Waals surface area (Å²) in [7, 11) is 0.135. The summed E-state index contributed by atoms with van der Waals surface area (Å²) in [5.74, 6) is -1.57. The molecular weight excluding hydrogens is 366 g/mol. The van der Waals surface area contributed by atoms with E-state index in [0.29, 0.717) is 0 Å². The minimum Gasteiger partial charge on any atom is -0.466 e. The fourth-order valence-electron chi connectivity index (χ4n) is 2.81. The molecule has 28 heavy (non-hydrogen) atoms. The maximum Gasteiger partial charge on any atom is 0.502 e. The van der Waals surface area contributed by atoms with Crippen LogP contribution in [0.2, 0.25) is 0 Å². The van der Waals surface area contributed by atoms with E-state index in [4.69, 9.17) is 28.1 Å². The quantitative estimate of drug-likeness (QED) is 0.405. The summed E-state index contributed by atoms with van der Waals surface area (Å²) in [4.78, 5) is 25.4. The molecule has 2 rings (SSSR count). The van der Waals surface area contributed by atoms with E-state index in [0.717, 1.165) is 0 Å². The van der Waals surface area contributed by atoms with E-state index in [2.05, 4.69) is 0 Å². The number of carbonyl (C=O) groups excluding carboxylic acids is 2. The van der Waals surface area contributed by atoms with Gasteiger partial charge in [-0.15, -0.1) is 0 Å². The first-order valence-electron chi connectivity index (χ1n) is 9.22. The van der Waals surface area contributed by atoms with Crippen molar-refractivity contribution in [2.24, 2.45) is 0 Å². The third-order valence-corrected chi connectivity index (χ3v) is 6.08. The molecule has 2 aliphatic rings. The van der Waals surface area contributed by atoms with Gasteiger partial charge >= 0.3 is 26.2 Å². The van der Waals surface area contributed by atoms with E-state index < -0.39 is 48.6 Å². The smallest absolute Gasteiger partial charge is 0.466 e. The van der Waals surface area contributed by atoms with Crippen LogP contribution in [0.3, 0.4) is 0 Å². The van der Waals surface area contributed by atoms with E-state index in [-0.39, 0.29) is 10.9 Å². The Morgan fingerprint density at radius 1 is 0.571 bits per heavy atom. The molecule has 0 atom stereocenters. The van der Waals surface area contributed by atoms with Crippen LogP contribution in [-0.2, 0) is 37.7 Å². The maximum atomic E-state index is 12.7. The highest BCUT2D eigenvalue weighted by atomic mass is 16.7. The first-order chi connectivity index (χ1) is 12.6. The zero-order chi connectivity index (χ0) is 21.7. The van der Waals surface area contributed by atoms with Crippen LogP contribution < -0.4 is 0 Å². The highest BCUT2D eigenvalue weighted by Crippen LogP contribution is 2.42. The fourth-order valence-corrected chi connectivity index (χ4v) is 2.81. The van der Waals surface area contributed by atoms with Gasteiger partial charge in [0.2, 0.25) is 0 Å². The molecule has 0 aromatic heterocycles. The number of hydrogen-bond acceptors (Lipinski definition) is 8. The number of rotatable bonds is 4. The largest absolute Gasteiger partial charge is 0.502 e. The predicted molar refractivity (Wildman–Crippen MR) is 103 cm³/mol. The summed E-state index contributed by atoms with van der Waals surface area (Å²) in [5.41, 5.74) is -3.18. The minimum atomic E-state index is -1.15. The molecule has 10 heteroatoms. The van der Waals surface area contributed by atoms with Crippen molar-refractivity contribution in [3.8, 4) is 0 Å². The molecule has 0 aliphatic carbocycles. The van der Waals surface area contributed by atoms with Gasteiger partial charge in [0.15, 0.2) is 0 Å². The Morgan fingerprint density at radius 3 is 0.964 bits per heavy atom. The fraction of sp³-hybridized carbons (Fsp3) is 0.778. The standard InChI is InChI=1S/C18H30B2O8/c1-15(2)16(3,4)26-19(25-15)11(13(21)23-9)12(14(22)24-10)20-27-17(5,6)18(7,8)28-20/h1-10H3/b12-11-. The second-order valence-corrected chi connectivity index (χ2v) is 8.99. The predicted octanol–water partition coefficient (Wildman–Crippen LogP) is 1.89. The molecule has 0 bridgehead atoms. The topological polar surface area (TPSA) is 89.5 Å². The lowest BCUT2D eigenvalue weighted by molar-refractivity contribution is -0.138. The Labute approximate surface area is 167 Å². The monoisotopic (exact) mass is 396 g/mol. The zero-order valence-electron chi connectivity index (χ0n) is 18.4. The lowest BCUT2D eigenvalue weighted by atomic mass is 9.64. The molecule has 2 heterocycles. The molecule has 0 amide bonds.